The summed E-state index contributed by atoms with van der Waals surface area (Å²) in [4.78, 5) is 0. The quantitative estimate of drug-likeness (QED) is 0.709. The van der Waals surface area contributed by atoms with E-state index in [9.17, 15) is 0 Å². The van der Waals surface area contributed by atoms with Crippen molar-refractivity contribution in [2.24, 2.45) is 29.1 Å². The summed E-state index contributed by atoms with van der Waals surface area (Å²) in [5.74, 6) is 3.88. The number of rotatable bonds is 3. The van der Waals surface area contributed by atoms with Crippen LogP contribution in [0.25, 0.3) is 0 Å². The van der Waals surface area contributed by atoms with E-state index in [1.165, 1.54) is 51.5 Å². The molecule has 0 spiro atoms. The van der Waals surface area contributed by atoms with Gasteiger partial charge in [0.25, 0.3) is 0 Å². The van der Waals surface area contributed by atoms with Crippen molar-refractivity contribution in [2.75, 3.05) is 6.54 Å². The summed E-state index contributed by atoms with van der Waals surface area (Å²) in [5, 5.41) is 3.80. The SMILES string of the molecule is CC(C)(C)NCC1CCC(C(C)(C)C)CC1C1CCCC1. The highest BCUT2D eigenvalue weighted by atomic mass is 14.9. The Morgan fingerprint density at radius 3 is 2.00 bits per heavy atom. The Morgan fingerprint density at radius 1 is 0.857 bits per heavy atom. The van der Waals surface area contributed by atoms with Crippen molar-refractivity contribution < 1.29 is 0 Å². The van der Waals surface area contributed by atoms with Crippen molar-refractivity contribution in [1.29, 1.82) is 0 Å². The summed E-state index contributed by atoms with van der Waals surface area (Å²) < 4.78 is 0. The Bertz CT molecular complexity index is 314. The van der Waals surface area contributed by atoms with Crippen LogP contribution in [0.2, 0.25) is 0 Å². The Balaban J connectivity index is 2.01. The molecule has 3 atom stereocenters. The van der Waals surface area contributed by atoms with E-state index in [1.54, 1.807) is 0 Å². The van der Waals surface area contributed by atoms with Gasteiger partial charge in [-0.25, -0.2) is 0 Å². The van der Waals surface area contributed by atoms with Crippen LogP contribution in [0.5, 0.6) is 0 Å². The van der Waals surface area contributed by atoms with Gasteiger partial charge in [-0.15, -0.1) is 0 Å². The molecule has 0 bridgehead atoms. The van der Waals surface area contributed by atoms with E-state index in [-0.39, 0.29) is 5.54 Å². The van der Waals surface area contributed by atoms with Crippen LogP contribution in [0.1, 0.15) is 86.5 Å². The molecule has 3 unspecified atom stereocenters. The Morgan fingerprint density at radius 2 is 1.48 bits per heavy atom. The average molecular weight is 294 g/mol. The average Bonchev–Trinajstić information content (AvgIpc) is 2.87. The van der Waals surface area contributed by atoms with Gasteiger partial charge in [-0.1, -0.05) is 46.5 Å². The molecule has 0 amide bonds. The van der Waals surface area contributed by atoms with Crippen LogP contribution in [0.15, 0.2) is 0 Å². The van der Waals surface area contributed by atoms with Gasteiger partial charge in [0, 0.05) is 5.54 Å². The number of nitrogens with one attached hydrogen (secondary N) is 1. The third-order valence-electron chi connectivity index (χ3n) is 6.17. The van der Waals surface area contributed by atoms with Crippen LogP contribution < -0.4 is 5.32 Å². The Labute approximate surface area is 133 Å². The Hall–Kier alpha value is -0.0400. The first-order valence-corrected chi connectivity index (χ1v) is 9.42. The summed E-state index contributed by atoms with van der Waals surface area (Å²) in [5.41, 5.74) is 0.764. The van der Waals surface area contributed by atoms with Gasteiger partial charge in [0.2, 0.25) is 0 Å². The largest absolute Gasteiger partial charge is 0.312 e. The van der Waals surface area contributed by atoms with Crippen LogP contribution in [0, 0.1) is 29.1 Å². The normalized spacial score (nSPS) is 32.6. The highest BCUT2D eigenvalue weighted by molar-refractivity contribution is 4.91. The molecule has 0 aromatic rings. The van der Waals surface area contributed by atoms with E-state index in [1.807, 2.05) is 0 Å². The third-order valence-corrected chi connectivity index (χ3v) is 6.17. The van der Waals surface area contributed by atoms with E-state index in [0.29, 0.717) is 5.41 Å². The van der Waals surface area contributed by atoms with Gasteiger partial charge in [0.1, 0.15) is 0 Å². The van der Waals surface area contributed by atoms with E-state index in [2.05, 4.69) is 46.9 Å². The molecule has 1 heteroatoms. The standard InChI is InChI=1S/C20H39N/c1-19(2,3)17-12-11-16(14-21-20(4,5)6)18(13-17)15-9-7-8-10-15/h15-18,21H,7-14H2,1-6H3. The van der Waals surface area contributed by atoms with Gasteiger partial charge >= 0.3 is 0 Å². The Kier molecular flexibility index (Phi) is 5.45. The lowest BCUT2D eigenvalue weighted by Crippen LogP contribution is -2.44. The molecular weight excluding hydrogens is 254 g/mol. The zero-order valence-electron chi connectivity index (χ0n) is 15.5. The molecule has 0 aromatic carbocycles. The molecule has 1 nitrogen and oxygen atoms in total. The lowest BCUT2D eigenvalue weighted by Gasteiger charge is -2.45. The lowest BCUT2D eigenvalue weighted by atomic mass is 9.62. The minimum Gasteiger partial charge on any atom is -0.312 e. The second kappa shape index (κ2) is 6.60. The number of hydrogen-bond donors (Lipinski definition) is 1. The van der Waals surface area contributed by atoms with Gasteiger partial charge in [-0.2, -0.15) is 0 Å². The van der Waals surface area contributed by atoms with Crippen LogP contribution in [-0.4, -0.2) is 12.1 Å². The van der Waals surface area contributed by atoms with Crippen molar-refractivity contribution >= 4 is 0 Å². The second-order valence-electron chi connectivity index (χ2n) is 9.98. The minimum absolute atomic E-state index is 0.265. The van der Waals surface area contributed by atoms with Gasteiger partial charge in [0.15, 0.2) is 0 Å². The molecule has 0 aromatic heterocycles. The predicted molar refractivity (Wildman–Crippen MR) is 93.5 cm³/mol. The highest BCUT2D eigenvalue weighted by Crippen LogP contribution is 2.48. The summed E-state index contributed by atoms with van der Waals surface area (Å²) in [6.07, 6.45) is 10.4. The van der Waals surface area contributed by atoms with Crippen molar-refractivity contribution in [3.63, 3.8) is 0 Å². The van der Waals surface area contributed by atoms with Crippen LogP contribution in [-0.2, 0) is 0 Å². The van der Waals surface area contributed by atoms with Crippen molar-refractivity contribution in [3.05, 3.63) is 0 Å². The van der Waals surface area contributed by atoms with E-state index in [4.69, 9.17) is 0 Å². The fourth-order valence-corrected chi connectivity index (χ4v) is 4.71. The summed E-state index contributed by atoms with van der Waals surface area (Å²) in [6.45, 7) is 15.5. The van der Waals surface area contributed by atoms with Gasteiger partial charge in [-0.3, -0.25) is 0 Å². The lowest BCUT2D eigenvalue weighted by molar-refractivity contribution is 0.0620. The summed E-state index contributed by atoms with van der Waals surface area (Å²) in [7, 11) is 0. The number of hydrogen-bond acceptors (Lipinski definition) is 1. The fraction of sp³-hybridized carbons (Fsp3) is 1.00. The van der Waals surface area contributed by atoms with Crippen molar-refractivity contribution in [2.45, 2.75) is 92.0 Å². The molecular formula is C20H39N. The molecule has 124 valence electrons. The molecule has 0 saturated heterocycles. The minimum atomic E-state index is 0.265. The zero-order chi connectivity index (χ0) is 15.7. The zero-order valence-corrected chi connectivity index (χ0v) is 15.5. The molecule has 2 fully saturated rings. The van der Waals surface area contributed by atoms with Gasteiger partial charge in [-0.05, 0) is 75.7 Å². The van der Waals surface area contributed by atoms with Gasteiger partial charge in [0.05, 0.1) is 0 Å². The first kappa shape index (κ1) is 17.3. The van der Waals surface area contributed by atoms with Crippen LogP contribution >= 0.6 is 0 Å². The molecule has 0 radical (unpaired) electrons. The molecule has 2 saturated carbocycles. The van der Waals surface area contributed by atoms with E-state index >= 15 is 0 Å². The maximum atomic E-state index is 3.80. The maximum absolute atomic E-state index is 3.80. The fourth-order valence-electron chi connectivity index (χ4n) is 4.71. The van der Waals surface area contributed by atoms with E-state index < -0.39 is 0 Å². The van der Waals surface area contributed by atoms with Gasteiger partial charge < -0.3 is 5.32 Å². The van der Waals surface area contributed by atoms with Crippen LogP contribution in [0.3, 0.4) is 0 Å². The molecule has 0 heterocycles. The topological polar surface area (TPSA) is 12.0 Å². The van der Waals surface area contributed by atoms with Crippen molar-refractivity contribution in [1.82, 2.24) is 5.32 Å². The predicted octanol–water partition coefficient (Wildman–Crippen LogP) is 5.64. The first-order valence-electron chi connectivity index (χ1n) is 9.42. The molecule has 1 N–H and O–H groups in total. The monoisotopic (exact) mass is 293 g/mol. The highest BCUT2D eigenvalue weighted by Gasteiger charge is 2.40. The first-order chi connectivity index (χ1) is 9.67. The smallest absolute Gasteiger partial charge is 0.00966 e. The summed E-state index contributed by atoms with van der Waals surface area (Å²) >= 11 is 0. The molecule has 21 heavy (non-hydrogen) atoms. The molecule has 2 rings (SSSR count). The second-order valence-corrected chi connectivity index (χ2v) is 9.98. The maximum Gasteiger partial charge on any atom is 0.00966 e. The third kappa shape index (κ3) is 4.98. The van der Waals surface area contributed by atoms with Crippen LogP contribution in [0.4, 0.5) is 0 Å². The molecule has 2 aliphatic rings. The molecule has 0 aliphatic heterocycles. The molecule has 2 aliphatic carbocycles. The van der Waals surface area contributed by atoms with E-state index in [0.717, 1.165) is 23.7 Å². The summed E-state index contributed by atoms with van der Waals surface area (Å²) in [6, 6.07) is 0. The van der Waals surface area contributed by atoms with Crippen molar-refractivity contribution in [3.8, 4) is 0 Å².